The molecule has 1 nitrogen and oxygen atoms in total. The lowest BCUT2D eigenvalue weighted by atomic mass is 10.1. The minimum absolute atomic E-state index is 0.0718. The van der Waals surface area contributed by atoms with Crippen LogP contribution >= 0.6 is 31.9 Å². The lowest BCUT2D eigenvalue weighted by Gasteiger charge is -2.03. The summed E-state index contributed by atoms with van der Waals surface area (Å²) in [7, 11) is 0. The van der Waals surface area contributed by atoms with Gasteiger partial charge in [-0.1, -0.05) is 34.1 Å². The molecule has 1 aromatic carbocycles. The Morgan fingerprint density at radius 2 is 2.17 bits per heavy atom. The second-order valence-electron chi connectivity index (χ2n) is 2.52. The summed E-state index contributed by atoms with van der Waals surface area (Å²) in [5.74, 6) is 0. The quantitative estimate of drug-likeness (QED) is 0.600. The Labute approximate surface area is 88.4 Å². The summed E-state index contributed by atoms with van der Waals surface area (Å²) in [6.45, 7) is 2.03. The molecule has 0 saturated carbocycles. The lowest BCUT2D eigenvalue weighted by molar-refractivity contribution is 0.109. The van der Waals surface area contributed by atoms with Crippen LogP contribution in [0.4, 0.5) is 0 Å². The first-order valence-corrected chi connectivity index (χ1v) is 5.26. The van der Waals surface area contributed by atoms with Crippen molar-refractivity contribution in [1.82, 2.24) is 0 Å². The van der Waals surface area contributed by atoms with E-state index in [0.29, 0.717) is 5.56 Å². The van der Waals surface area contributed by atoms with Crippen LogP contribution in [0.2, 0.25) is 0 Å². The van der Waals surface area contributed by atoms with Crippen LogP contribution in [0.3, 0.4) is 0 Å². The van der Waals surface area contributed by atoms with Crippen molar-refractivity contribution in [3.05, 3.63) is 35.4 Å². The van der Waals surface area contributed by atoms with Crippen LogP contribution in [0.15, 0.2) is 24.3 Å². The van der Waals surface area contributed by atoms with E-state index in [1.807, 2.05) is 25.1 Å². The van der Waals surface area contributed by atoms with Crippen LogP contribution in [-0.2, 0) is 0 Å². The van der Waals surface area contributed by atoms with Gasteiger partial charge in [-0.2, -0.15) is 0 Å². The van der Waals surface area contributed by atoms with Gasteiger partial charge in [0.25, 0.3) is 0 Å². The Morgan fingerprint density at radius 3 is 2.67 bits per heavy atom. The molecule has 0 heterocycles. The fourth-order valence-electron chi connectivity index (χ4n) is 0.908. The summed E-state index contributed by atoms with van der Waals surface area (Å²) >= 11 is 6.35. The molecule has 0 N–H and O–H groups in total. The van der Waals surface area contributed by atoms with Crippen molar-refractivity contribution in [2.45, 2.75) is 11.8 Å². The summed E-state index contributed by atoms with van der Waals surface area (Å²) in [4.78, 5) is 11.2. The average Bonchev–Trinajstić information content (AvgIpc) is 2.04. The minimum atomic E-state index is -0.0718. The molecule has 64 valence electrons. The second-order valence-corrected chi connectivity index (χ2v) is 4.61. The van der Waals surface area contributed by atoms with Gasteiger partial charge >= 0.3 is 0 Å². The van der Waals surface area contributed by atoms with E-state index >= 15 is 0 Å². The van der Waals surface area contributed by atoms with E-state index in [0.717, 1.165) is 5.56 Å². The highest BCUT2D eigenvalue weighted by atomic mass is 79.9. The van der Waals surface area contributed by atoms with Crippen molar-refractivity contribution in [3.8, 4) is 0 Å². The van der Waals surface area contributed by atoms with E-state index in [4.69, 9.17) is 0 Å². The molecule has 0 fully saturated rings. The number of hydrogen-bond donors (Lipinski definition) is 0. The normalized spacial score (nSPS) is 12.6. The maximum absolute atomic E-state index is 10.9. The number of benzene rings is 1. The third-order valence-electron chi connectivity index (χ3n) is 1.57. The van der Waals surface area contributed by atoms with Crippen molar-refractivity contribution >= 4 is 36.6 Å². The lowest BCUT2D eigenvalue weighted by Crippen LogP contribution is -1.90. The van der Waals surface area contributed by atoms with Crippen molar-refractivity contribution in [1.29, 1.82) is 0 Å². The van der Waals surface area contributed by atoms with E-state index < -0.39 is 0 Å². The van der Waals surface area contributed by atoms with Gasteiger partial charge in [0.2, 0.25) is 4.69 Å². The Morgan fingerprint density at radius 1 is 1.50 bits per heavy atom. The zero-order valence-electron chi connectivity index (χ0n) is 6.55. The minimum Gasteiger partial charge on any atom is -0.281 e. The van der Waals surface area contributed by atoms with Crippen LogP contribution in [0.1, 0.15) is 27.7 Å². The van der Waals surface area contributed by atoms with Gasteiger partial charge in [-0.3, -0.25) is 4.79 Å². The molecule has 0 saturated heterocycles. The number of alkyl halides is 1. The summed E-state index contributed by atoms with van der Waals surface area (Å²) in [6.07, 6.45) is 0. The second kappa shape index (κ2) is 4.19. The Hall–Kier alpha value is -0.150. The van der Waals surface area contributed by atoms with Crippen LogP contribution in [0.25, 0.3) is 0 Å². The van der Waals surface area contributed by atoms with Gasteiger partial charge < -0.3 is 0 Å². The van der Waals surface area contributed by atoms with E-state index in [1.54, 1.807) is 6.07 Å². The van der Waals surface area contributed by atoms with Crippen molar-refractivity contribution in [3.63, 3.8) is 0 Å². The predicted octanol–water partition coefficient (Wildman–Crippen LogP) is 3.68. The standard InChI is InChI=1S/C9H8Br2O/c1-6(10)7-3-2-4-8(5-7)9(11)12/h2-6H,1H3. The summed E-state index contributed by atoms with van der Waals surface area (Å²) in [6, 6.07) is 7.52. The number of carbonyl (C=O) groups is 1. The topological polar surface area (TPSA) is 17.1 Å². The van der Waals surface area contributed by atoms with E-state index in [1.165, 1.54) is 0 Å². The smallest absolute Gasteiger partial charge is 0.228 e. The largest absolute Gasteiger partial charge is 0.281 e. The highest BCUT2D eigenvalue weighted by Crippen LogP contribution is 2.22. The van der Waals surface area contributed by atoms with Gasteiger partial charge in [0.05, 0.1) is 0 Å². The number of halogens is 2. The first-order chi connectivity index (χ1) is 5.61. The zero-order valence-corrected chi connectivity index (χ0v) is 9.72. The van der Waals surface area contributed by atoms with Crippen molar-refractivity contribution in [2.75, 3.05) is 0 Å². The molecule has 1 unspecified atom stereocenters. The fraction of sp³-hybridized carbons (Fsp3) is 0.222. The third kappa shape index (κ3) is 2.42. The Kier molecular flexibility index (Phi) is 3.47. The molecule has 0 amide bonds. The maximum Gasteiger partial charge on any atom is 0.228 e. The van der Waals surface area contributed by atoms with Gasteiger partial charge in [0, 0.05) is 10.4 Å². The average molecular weight is 292 g/mol. The van der Waals surface area contributed by atoms with E-state index in [2.05, 4.69) is 31.9 Å². The number of rotatable bonds is 2. The Bertz CT molecular complexity index is 294. The highest BCUT2D eigenvalue weighted by Gasteiger charge is 2.04. The monoisotopic (exact) mass is 290 g/mol. The van der Waals surface area contributed by atoms with Crippen LogP contribution in [0, 0.1) is 0 Å². The number of carbonyl (C=O) groups excluding carboxylic acids is 1. The van der Waals surface area contributed by atoms with Crippen LogP contribution < -0.4 is 0 Å². The van der Waals surface area contributed by atoms with Crippen molar-refractivity contribution in [2.24, 2.45) is 0 Å². The molecule has 1 atom stereocenters. The molecule has 0 bridgehead atoms. The molecule has 1 rings (SSSR count). The molecular formula is C9H8Br2O. The van der Waals surface area contributed by atoms with Gasteiger partial charge in [-0.05, 0) is 34.5 Å². The summed E-state index contributed by atoms with van der Waals surface area (Å²) in [5, 5.41) is 0. The number of hydrogen-bond acceptors (Lipinski definition) is 1. The SMILES string of the molecule is CC(Br)c1cccc(C(=O)Br)c1. The molecule has 0 aliphatic carbocycles. The van der Waals surface area contributed by atoms with Crippen molar-refractivity contribution < 1.29 is 4.79 Å². The molecule has 12 heavy (non-hydrogen) atoms. The van der Waals surface area contributed by atoms with Crippen LogP contribution in [0.5, 0.6) is 0 Å². The summed E-state index contributed by atoms with van der Waals surface area (Å²) < 4.78 is -0.0718. The molecule has 0 spiro atoms. The predicted molar refractivity (Wildman–Crippen MR) is 57.0 cm³/mol. The van der Waals surface area contributed by atoms with Gasteiger partial charge in [0.1, 0.15) is 0 Å². The molecule has 0 aliphatic heterocycles. The molecule has 3 heteroatoms. The third-order valence-corrected chi connectivity index (χ3v) is 2.56. The molecule has 0 aliphatic rings. The molecular weight excluding hydrogens is 284 g/mol. The van der Waals surface area contributed by atoms with Gasteiger partial charge in [-0.25, -0.2) is 0 Å². The first kappa shape index (κ1) is 9.93. The fourth-order valence-corrected chi connectivity index (χ4v) is 1.44. The molecule has 0 radical (unpaired) electrons. The van der Waals surface area contributed by atoms with Gasteiger partial charge in [0.15, 0.2) is 0 Å². The van der Waals surface area contributed by atoms with E-state index in [9.17, 15) is 4.79 Å². The van der Waals surface area contributed by atoms with E-state index in [-0.39, 0.29) is 9.52 Å². The molecule has 1 aromatic rings. The van der Waals surface area contributed by atoms with Gasteiger partial charge in [-0.15, -0.1) is 0 Å². The van der Waals surface area contributed by atoms with Crippen LogP contribution in [-0.4, -0.2) is 4.69 Å². The Balaban J connectivity index is 3.04. The molecule has 0 aromatic heterocycles. The maximum atomic E-state index is 10.9. The summed E-state index contributed by atoms with van der Waals surface area (Å²) in [5.41, 5.74) is 1.80. The first-order valence-electron chi connectivity index (χ1n) is 3.55. The zero-order chi connectivity index (χ0) is 9.14. The highest BCUT2D eigenvalue weighted by molar-refractivity contribution is 9.18.